The molecule has 0 radical (unpaired) electrons. The molecular formula is C22H28N6O. The lowest BCUT2D eigenvalue weighted by Crippen LogP contribution is -2.44. The standard InChI is InChI=1S/C22H28N6O/c1-4-20(29)28-9-5-6-19(14-28)24-21-15(2)11-23-22(26-21)25-18-8-7-16-12-27(3)13-17(16)10-18/h4,7-8,10-11,19H,1,5-6,9,12-14H2,2-3H3,(H2,23,24,25,26). The van der Waals surface area contributed by atoms with Crippen molar-refractivity contribution in [2.45, 2.75) is 38.9 Å². The van der Waals surface area contributed by atoms with Gasteiger partial charge in [0.2, 0.25) is 11.9 Å². The summed E-state index contributed by atoms with van der Waals surface area (Å²) >= 11 is 0. The van der Waals surface area contributed by atoms with E-state index in [1.54, 1.807) is 0 Å². The first kappa shape index (κ1) is 19.4. The third kappa shape index (κ3) is 4.40. The van der Waals surface area contributed by atoms with Gasteiger partial charge in [-0.05, 0) is 56.1 Å². The summed E-state index contributed by atoms with van der Waals surface area (Å²) in [5, 5.41) is 6.84. The highest BCUT2D eigenvalue weighted by atomic mass is 16.2. The number of piperidine rings is 1. The number of fused-ring (bicyclic) bond motifs is 1. The molecule has 2 N–H and O–H groups in total. The quantitative estimate of drug-likeness (QED) is 0.762. The van der Waals surface area contributed by atoms with Gasteiger partial charge in [-0.1, -0.05) is 12.6 Å². The Morgan fingerprint density at radius 3 is 2.97 bits per heavy atom. The first-order valence-electron chi connectivity index (χ1n) is 10.1. The van der Waals surface area contributed by atoms with E-state index in [4.69, 9.17) is 4.98 Å². The first-order valence-corrected chi connectivity index (χ1v) is 10.1. The van der Waals surface area contributed by atoms with E-state index in [1.807, 2.05) is 18.0 Å². The van der Waals surface area contributed by atoms with Crippen LogP contribution in [-0.2, 0) is 17.9 Å². The van der Waals surface area contributed by atoms with Crippen molar-refractivity contribution in [1.82, 2.24) is 19.8 Å². The number of hydrogen-bond acceptors (Lipinski definition) is 6. The van der Waals surface area contributed by atoms with Gasteiger partial charge in [0.15, 0.2) is 0 Å². The summed E-state index contributed by atoms with van der Waals surface area (Å²) in [4.78, 5) is 25.2. The molecular weight excluding hydrogens is 364 g/mol. The predicted molar refractivity (Wildman–Crippen MR) is 115 cm³/mol. The smallest absolute Gasteiger partial charge is 0.246 e. The molecule has 2 aromatic rings. The second-order valence-electron chi connectivity index (χ2n) is 7.98. The van der Waals surface area contributed by atoms with E-state index in [1.165, 1.54) is 17.2 Å². The van der Waals surface area contributed by atoms with Crippen molar-refractivity contribution >= 4 is 23.4 Å². The van der Waals surface area contributed by atoms with Crippen LogP contribution < -0.4 is 10.6 Å². The van der Waals surface area contributed by atoms with Gasteiger partial charge in [0, 0.05) is 49.7 Å². The predicted octanol–water partition coefficient (Wildman–Crippen LogP) is 3.06. The maximum atomic E-state index is 11.9. The zero-order valence-corrected chi connectivity index (χ0v) is 17.1. The van der Waals surface area contributed by atoms with E-state index < -0.39 is 0 Å². The minimum Gasteiger partial charge on any atom is -0.365 e. The Labute approximate surface area is 171 Å². The van der Waals surface area contributed by atoms with Crippen molar-refractivity contribution < 1.29 is 4.79 Å². The largest absolute Gasteiger partial charge is 0.365 e. The van der Waals surface area contributed by atoms with E-state index in [9.17, 15) is 4.79 Å². The van der Waals surface area contributed by atoms with Gasteiger partial charge < -0.3 is 15.5 Å². The second-order valence-corrected chi connectivity index (χ2v) is 7.98. The van der Waals surface area contributed by atoms with Gasteiger partial charge >= 0.3 is 0 Å². The van der Waals surface area contributed by atoms with Gasteiger partial charge in [0.05, 0.1) is 0 Å². The molecule has 1 aromatic carbocycles. The number of carbonyl (C=O) groups excluding carboxylic acids is 1. The molecule has 0 spiro atoms. The van der Waals surface area contributed by atoms with Crippen LogP contribution in [0.4, 0.5) is 17.5 Å². The van der Waals surface area contributed by atoms with E-state index in [0.717, 1.165) is 49.5 Å². The Morgan fingerprint density at radius 2 is 2.14 bits per heavy atom. The second kappa shape index (κ2) is 8.21. The summed E-state index contributed by atoms with van der Waals surface area (Å²) < 4.78 is 0. The fourth-order valence-electron chi connectivity index (χ4n) is 4.04. The highest BCUT2D eigenvalue weighted by molar-refractivity contribution is 5.87. The van der Waals surface area contributed by atoms with E-state index in [-0.39, 0.29) is 11.9 Å². The molecule has 7 nitrogen and oxygen atoms in total. The monoisotopic (exact) mass is 392 g/mol. The number of rotatable bonds is 5. The summed E-state index contributed by atoms with van der Waals surface area (Å²) in [5.74, 6) is 1.36. The Bertz CT molecular complexity index is 928. The Hall–Kier alpha value is -2.93. The van der Waals surface area contributed by atoms with E-state index in [2.05, 4.69) is 52.3 Å². The van der Waals surface area contributed by atoms with Crippen molar-refractivity contribution in [3.05, 3.63) is 53.7 Å². The molecule has 1 unspecified atom stereocenters. The molecule has 29 heavy (non-hydrogen) atoms. The zero-order valence-electron chi connectivity index (χ0n) is 17.1. The van der Waals surface area contributed by atoms with E-state index >= 15 is 0 Å². The lowest BCUT2D eigenvalue weighted by Gasteiger charge is -2.33. The maximum Gasteiger partial charge on any atom is 0.246 e. The molecule has 2 aliphatic heterocycles. The number of aromatic nitrogens is 2. The van der Waals surface area contributed by atoms with Crippen LogP contribution in [0.1, 0.15) is 29.5 Å². The van der Waals surface area contributed by atoms with Gasteiger partial charge in [-0.3, -0.25) is 9.69 Å². The molecule has 4 rings (SSSR count). The third-order valence-electron chi connectivity index (χ3n) is 5.56. The number of carbonyl (C=O) groups is 1. The molecule has 1 fully saturated rings. The highest BCUT2D eigenvalue weighted by Gasteiger charge is 2.23. The number of hydrogen-bond donors (Lipinski definition) is 2. The van der Waals surface area contributed by atoms with Crippen LogP contribution in [0.15, 0.2) is 37.1 Å². The van der Waals surface area contributed by atoms with Crippen LogP contribution in [0, 0.1) is 6.92 Å². The fourth-order valence-corrected chi connectivity index (χ4v) is 4.04. The first-order chi connectivity index (χ1) is 14.0. The molecule has 2 aliphatic rings. The van der Waals surface area contributed by atoms with Crippen LogP contribution in [0.2, 0.25) is 0 Å². The average molecular weight is 393 g/mol. The molecule has 1 aromatic heterocycles. The molecule has 0 saturated carbocycles. The summed E-state index contributed by atoms with van der Waals surface area (Å²) in [6.45, 7) is 9.00. The fraction of sp³-hybridized carbons (Fsp3) is 0.409. The minimum atomic E-state index is -0.0134. The van der Waals surface area contributed by atoms with Crippen LogP contribution >= 0.6 is 0 Å². The summed E-state index contributed by atoms with van der Waals surface area (Å²) in [6, 6.07) is 6.59. The summed E-state index contributed by atoms with van der Waals surface area (Å²) in [5.41, 5.74) is 4.70. The molecule has 3 heterocycles. The van der Waals surface area contributed by atoms with Crippen LogP contribution in [-0.4, -0.2) is 51.9 Å². The number of aryl methyl sites for hydroxylation is 1. The van der Waals surface area contributed by atoms with Crippen LogP contribution in [0.5, 0.6) is 0 Å². The Kier molecular flexibility index (Phi) is 5.49. The number of amides is 1. The lowest BCUT2D eigenvalue weighted by atomic mass is 10.1. The van der Waals surface area contributed by atoms with Gasteiger partial charge in [-0.2, -0.15) is 4.98 Å². The van der Waals surface area contributed by atoms with Crippen LogP contribution in [0.25, 0.3) is 0 Å². The average Bonchev–Trinajstić information content (AvgIpc) is 3.09. The van der Waals surface area contributed by atoms with Crippen molar-refractivity contribution in [2.24, 2.45) is 0 Å². The van der Waals surface area contributed by atoms with E-state index in [0.29, 0.717) is 12.5 Å². The third-order valence-corrected chi connectivity index (χ3v) is 5.56. The van der Waals surface area contributed by atoms with Crippen molar-refractivity contribution in [2.75, 3.05) is 30.8 Å². The zero-order chi connectivity index (χ0) is 20.4. The van der Waals surface area contributed by atoms with Crippen molar-refractivity contribution in [1.29, 1.82) is 0 Å². The molecule has 1 amide bonds. The molecule has 1 saturated heterocycles. The number of anilines is 3. The van der Waals surface area contributed by atoms with Gasteiger partial charge in [0.25, 0.3) is 0 Å². The van der Waals surface area contributed by atoms with Gasteiger partial charge in [0.1, 0.15) is 5.82 Å². The maximum absolute atomic E-state index is 11.9. The van der Waals surface area contributed by atoms with Crippen LogP contribution in [0.3, 0.4) is 0 Å². The SMILES string of the molecule is C=CC(=O)N1CCCC(Nc2nc(Nc3ccc4c(c3)CN(C)C4)ncc2C)C1. The number of nitrogens with zero attached hydrogens (tertiary/aromatic N) is 4. The lowest BCUT2D eigenvalue weighted by molar-refractivity contribution is -0.127. The molecule has 1 atom stereocenters. The van der Waals surface area contributed by atoms with Crippen molar-refractivity contribution in [3.8, 4) is 0 Å². The normalized spacial score (nSPS) is 19.0. The minimum absolute atomic E-state index is 0.0134. The Balaban J connectivity index is 1.46. The molecule has 0 bridgehead atoms. The number of benzene rings is 1. The highest BCUT2D eigenvalue weighted by Crippen LogP contribution is 2.26. The Morgan fingerprint density at radius 1 is 1.31 bits per heavy atom. The molecule has 7 heteroatoms. The summed E-state index contributed by atoms with van der Waals surface area (Å²) in [6.07, 6.45) is 5.19. The number of nitrogens with one attached hydrogen (secondary N) is 2. The topological polar surface area (TPSA) is 73.4 Å². The molecule has 152 valence electrons. The number of likely N-dealkylation sites (tertiary alicyclic amines) is 1. The van der Waals surface area contributed by atoms with Crippen molar-refractivity contribution in [3.63, 3.8) is 0 Å². The molecule has 0 aliphatic carbocycles. The van der Waals surface area contributed by atoms with Gasteiger partial charge in [-0.15, -0.1) is 0 Å². The summed E-state index contributed by atoms with van der Waals surface area (Å²) in [7, 11) is 2.13. The van der Waals surface area contributed by atoms with Gasteiger partial charge in [-0.25, -0.2) is 4.98 Å².